The van der Waals surface area contributed by atoms with Gasteiger partial charge in [-0.1, -0.05) is 111 Å². The van der Waals surface area contributed by atoms with E-state index in [-0.39, 0.29) is 33.1 Å². The maximum atomic E-state index is 2.37. The average molecular weight is 369 g/mol. The molecule has 0 bridgehead atoms. The third kappa shape index (κ3) is 10.4. The predicted octanol–water partition coefficient (Wildman–Crippen LogP) is 9.81. The monoisotopic (exact) mass is 368 g/mol. The second-order valence-corrected chi connectivity index (χ2v) is 8.30. The van der Waals surface area contributed by atoms with Gasteiger partial charge < -0.3 is 0 Å². The van der Waals surface area contributed by atoms with Crippen molar-refractivity contribution >= 4 is 0 Å². The lowest BCUT2D eigenvalue weighted by molar-refractivity contribution is 0.521. The molecule has 0 radical (unpaired) electrons. The summed E-state index contributed by atoms with van der Waals surface area (Å²) in [6.07, 6.45) is 2.38. The highest BCUT2D eigenvalue weighted by molar-refractivity contribution is 5.51. The summed E-state index contributed by atoms with van der Waals surface area (Å²) in [5, 5.41) is 0. The second kappa shape index (κ2) is 15.3. The van der Waals surface area contributed by atoms with Gasteiger partial charge in [0.25, 0.3) is 0 Å². The molecule has 0 spiro atoms. The number of aryl methyl sites for hydroxylation is 2. The molecule has 26 heavy (non-hydrogen) atoms. The van der Waals surface area contributed by atoms with Crippen molar-refractivity contribution in [3.63, 3.8) is 0 Å². The van der Waals surface area contributed by atoms with Crippen molar-refractivity contribution in [3.05, 3.63) is 33.9 Å². The summed E-state index contributed by atoms with van der Waals surface area (Å²) in [7, 11) is 0. The van der Waals surface area contributed by atoms with Crippen LogP contribution in [0.5, 0.6) is 0 Å². The molecule has 0 N–H and O–H groups in total. The average Bonchev–Trinajstić information content (AvgIpc) is 2.38. The zero-order valence-electron chi connectivity index (χ0n) is 18.5. The van der Waals surface area contributed by atoms with E-state index >= 15 is 0 Å². The van der Waals surface area contributed by atoms with Gasteiger partial charge in [0, 0.05) is 0 Å². The van der Waals surface area contributed by atoms with E-state index in [0.29, 0.717) is 0 Å². The molecule has 0 atom stereocenters. The minimum Gasteiger partial charge on any atom is -0.0776 e. The Hall–Kier alpha value is -0.780. The molecule has 0 heteroatoms. The number of rotatable bonds is 1. The molecule has 0 fully saturated rings. The molecule has 0 aromatic heterocycles. The molecule has 0 nitrogen and oxygen atoms in total. The fraction of sp³-hybridized carbons (Fsp3) is 0.769. The third-order valence-corrected chi connectivity index (χ3v) is 3.71. The molecule has 1 aromatic rings. The molecule has 0 heterocycles. The summed E-state index contributed by atoms with van der Waals surface area (Å²) in [5.74, 6) is 0. The van der Waals surface area contributed by atoms with Gasteiger partial charge in [-0.25, -0.2) is 0 Å². The first-order chi connectivity index (χ1) is 10.4. The van der Waals surface area contributed by atoms with Gasteiger partial charge in [-0.15, -0.1) is 0 Å². The zero-order chi connectivity index (χ0) is 19.0. The maximum absolute atomic E-state index is 2.37. The summed E-state index contributed by atoms with van der Waals surface area (Å²) in [6.45, 7) is 29.1. The standard InChI is InChI=1S/C18H30.C3H8.C2H6.3CH4/c1-10-14-12(2)11-13(3)15(17(4,5)6)16(14)18(7,8)9;1-3-2;1-2;;;/h11H,10H2,1-9H3;3H2,1-2H3;1-2H3;3*1H4. The first kappa shape index (κ1) is 36.2. The van der Waals surface area contributed by atoms with Gasteiger partial charge in [-0.05, 0) is 58.9 Å². The molecule has 0 amide bonds. The van der Waals surface area contributed by atoms with E-state index in [4.69, 9.17) is 0 Å². The Morgan fingerprint density at radius 3 is 1.19 bits per heavy atom. The highest BCUT2D eigenvalue weighted by atomic mass is 14.3. The minimum absolute atomic E-state index is 0. The van der Waals surface area contributed by atoms with Crippen molar-refractivity contribution < 1.29 is 0 Å². The van der Waals surface area contributed by atoms with Crippen LogP contribution >= 0.6 is 0 Å². The Balaban J connectivity index is -0.000000167. The molecular formula is C26H56. The molecule has 0 aliphatic heterocycles. The Kier molecular flexibility index (Phi) is 21.3. The van der Waals surface area contributed by atoms with Crippen molar-refractivity contribution in [1.29, 1.82) is 0 Å². The molecule has 0 aliphatic rings. The normalized spacial score (nSPS) is 9.88. The number of hydrogen-bond donors (Lipinski definition) is 0. The summed E-state index contributed by atoms with van der Waals surface area (Å²) < 4.78 is 0. The van der Waals surface area contributed by atoms with Crippen LogP contribution in [0.3, 0.4) is 0 Å². The van der Waals surface area contributed by atoms with Crippen LogP contribution in [0.1, 0.15) is 133 Å². The summed E-state index contributed by atoms with van der Waals surface area (Å²) in [5.41, 5.74) is 8.01. The van der Waals surface area contributed by atoms with E-state index in [1.165, 1.54) is 17.5 Å². The van der Waals surface area contributed by atoms with Gasteiger partial charge in [-0.2, -0.15) is 0 Å². The van der Waals surface area contributed by atoms with Crippen LogP contribution in [-0.4, -0.2) is 0 Å². The van der Waals surface area contributed by atoms with E-state index in [2.05, 4.69) is 82.2 Å². The molecule has 1 rings (SSSR count). The smallest absolute Gasteiger partial charge is 0.0126 e. The molecule has 1 aromatic carbocycles. The van der Waals surface area contributed by atoms with Crippen LogP contribution in [0.4, 0.5) is 0 Å². The third-order valence-electron chi connectivity index (χ3n) is 3.71. The van der Waals surface area contributed by atoms with Crippen LogP contribution in [0.15, 0.2) is 6.07 Å². The maximum Gasteiger partial charge on any atom is -0.0126 e. The van der Waals surface area contributed by atoms with Crippen molar-refractivity contribution in [3.8, 4) is 0 Å². The van der Waals surface area contributed by atoms with Gasteiger partial charge in [-0.3, -0.25) is 0 Å². The van der Waals surface area contributed by atoms with Crippen molar-refractivity contribution in [2.45, 2.75) is 136 Å². The molecule has 0 saturated heterocycles. The first-order valence-electron chi connectivity index (χ1n) is 9.55. The lowest BCUT2D eigenvalue weighted by atomic mass is 9.70. The van der Waals surface area contributed by atoms with Gasteiger partial charge in [0.1, 0.15) is 0 Å². The molecule has 0 saturated carbocycles. The minimum atomic E-state index is 0. The molecule has 0 aliphatic carbocycles. The Morgan fingerprint density at radius 1 is 0.654 bits per heavy atom. The van der Waals surface area contributed by atoms with Gasteiger partial charge in [0.15, 0.2) is 0 Å². The quantitative estimate of drug-likeness (QED) is 0.462. The Bertz CT molecular complexity index is 450. The second-order valence-electron chi connectivity index (χ2n) is 8.30. The van der Waals surface area contributed by atoms with E-state index in [0.717, 1.165) is 6.42 Å². The summed E-state index contributed by atoms with van der Waals surface area (Å²) in [6, 6.07) is 2.37. The lowest BCUT2D eigenvalue weighted by Gasteiger charge is -2.35. The molecule has 0 unspecified atom stereocenters. The summed E-state index contributed by atoms with van der Waals surface area (Å²) in [4.78, 5) is 0. The van der Waals surface area contributed by atoms with Crippen LogP contribution in [0.2, 0.25) is 0 Å². The highest BCUT2D eigenvalue weighted by Crippen LogP contribution is 2.39. The number of benzene rings is 1. The SMILES string of the molecule is C.C.C.CC.CCC.CCc1c(C)cc(C)c(C(C)(C)C)c1C(C)(C)C. The Labute approximate surface area is 170 Å². The van der Waals surface area contributed by atoms with Gasteiger partial charge in [0.2, 0.25) is 0 Å². The fourth-order valence-electron chi connectivity index (χ4n) is 3.28. The van der Waals surface area contributed by atoms with Crippen LogP contribution in [-0.2, 0) is 17.3 Å². The van der Waals surface area contributed by atoms with Gasteiger partial charge >= 0.3 is 0 Å². The highest BCUT2D eigenvalue weighted by Gasteiger charge is 2.29. The van der Waals surface area contributed by atoms with E-state index in [9.17, 15) is 0 Å². The van der Waals surface area contributed by atoms with E-state index in [1.54, 1.807) is 16.7 Å². The zero-order valence-corrected chi connectivity index (χ0v) is 18.5. The predicted molar refractivity (Wildman–Crippen MR) is 130 cm³/mol. The lowest BCUT2D eigenvalue weighted by Crippen LogP contribution is -2.25. The van der Waals surface area contributed by atoms with Crippen molar-refractivity contribution in [1.82, 2.24) is 0 Å². The van der Waals surface area contributed by atoms with Crippen LogP contribution < -0.4 is 0 Å². The Morgan fingerprint density at radius 2 is 0.962 bits per heavy atom. The molecular weight excluding hydrogens is 312 g/mol. The largest absolute Gasteiger partial charge is 0.0776 e. The van der Waals surface area contributed by atoms with Crippen molar-refractivity contribution in [2.24, 2.45) is 0 Å². The van der Waals surface area contributed by atoms with Crippen molar-refractivity contribution in [2.75, 3.05) is 0 Å². The fourth-order valence-corrected chi connectivity index (χ4v) is 3.28. The first-order valence-corrected chi connectivity index (χ1v) is 9.55. The van der Waals surface area contributed by atoms with Gasteiger partial charge in [0.05, 0.1) is 0 Å². The number of hydrogen-bond acceptors (Lipinski definition) is 0. The van der Waals surface area contributed by atoms with E-state index < -0.39 is 0 Å². The topological polar surface area (TPSA) is 0 Å². The summed E-state index contributed by atoms with van der Waals surface area (Å²) >= 11 is 0. The van der Waals surface area contributed by atoms with Crippen LogP contribution in [0.25, 0.3) is 0 Å². The van der Waals surface area contributed by atoms with E-state index in [1.807, 2.05) is 13.8 Å². The molecule has 160 valence electrons. The van der Waals surface area contributed by atoms with Crippen LogP contribution in [0, 0.1) is 13.8 Å².